The van der Waals surface area contributed by atoms with Gasteiger partial charge in [-0.1, -0.05) is 66.7 Å². The van der Waals surface area contributed by atoms with E-state index in [1.807, 2.05) is 24.3 Å². The van der Waals surface area contributed by atoms with E-state index in [2.05, 4.69) is 54.6 Å². The van der Waals surface area contributed by atoms with Crippen LogP contribution in [0, 0.1) is 0 Å². The highest BCUT2D eigenvalue weighted by atomic mass is 16.5. The van der Waals surface area contributed by atoms with Gasteiger partial charge in [-0.25, -0.2) is 4.79 Å². The molecule has 1 aliphatic carbocycles. The molecule has 0 bridgehead atoms. The van der Waals surface area contributed by atoms with Gasteiger partial charge >= 0.3 is 5.97 Å². The highest BCUT2D eigenvalue weighted by molar-refractivity contribution is 6.01. The maximum atomic E-state index is 11.2. The highest BCUT2D eigenvalue weighted by Crippen LogP contribution is 2.43. The van der Waals surface area contributed by atoms with Crippen LogP contribution in [-0.2, 0) is 16.0 Å². The molecule has 158 valence electrons. The van der Waals surface area contributed by atoms with Crippen molar-refractivity contribution in [3.8, 4) is 16.9 Å². The van der Waals surface area contributed by atoms with Crippen LogP contribution >= 0.6 is 0 Å². The molecule has 0 fully saturated rings. The van der Waals surface area contributed by atoms with Gasteiger partial charge in [0.25, 0.3) is 0 Å². The van der Waals surface area contributed by atoms with E-state index in [1.165, 1.54) is 27.8 Å². The van der Waals surface area contributed by atoms with Crippen molar-refractivity contribution in [1.29, 1.82) is 0 Å². The summed E-state index contributed by atoms with van der Waals surface area (Å²) in [4.78, 5) is 11.2. The molecule has 0 spiro atoms. The first-order valence-electron chi connectivity index (χ1n) is 10.6. The molecule has 0 heterocycles. The van der Waals surface area contributed by atoms with Crippen molar-refractivity contribution in [2.45, 2.75) is 25.9 Å². The molecule has 31 heavy (non-hydrogen) atoms. The SMILES string of the molecule is CCOC(Cc1ccc(OCCC=C2c3ccccc3-c3ccccc32)cc1)C(=O)O. The van der Waals surface area contributed by atoms with Crippen LogP contribution in [0.1, 0.15) is 30.0 Å². The summed E-state index contributed by atoms with van der Waals surface area (Å²) < 4.78 is 11.2. The Bertz CT molecular complexity index is 1030. The number of ether oxygens (including phenoxy) is 2. The lowest BCUT2D eigenvalue weighted by Gasteiger charge is -2.12. The molecule has 0 saturated carbocycles. The summed E-state index contributed by atoms with van der Waals surface area (Å²) in [5, 5.41) is 9.22. The zero-order valence-electron chi connectivity index (χ0n) is 17.6. The fourth-order valence-corrected chi connectivity index (χ4v) is 4.01. The molecule has 4 nitrogen and oxygen atoms in total. The van der Waals surface area contributed by atoms with Gasteiger partial charge in [-0.05, 0) is 52.4 Å². The highest BCUT2D eigenvalue weighted by Gasteiger charge is 2.21. The van der Waals surface area contributed by atoms with Crippen molar-refractivity contribution in [2.75, 3.05) is 13.2 Å². The smallest absolute Gasteiger partial charge is 0.333 e. The fraction of sp³-hybridized carbons (Fsp3) is 0.222. The predicted octanol–water partition coefficient (Wildman–Crippen LogP) is 5.60. The van der Waals surface area contributed by atoms with Gasteiger partial charge in [0, 0.05) is 19.4 Å². The number of fused-ring (bicyclic) bond motifs is 3. The number of rotatable bonds is 9. The maximum Gasteiger partial charge on any atom is 0.333 e. The van der Waals surface area contributed by atoms with Crippen LogP contribution in [0.25, 0.3) is 16.7 Å². The molecule has 3 aromatic rings. The first kappa shape index (κ1) is 20.9. The third-order valence-corrected chi connectivity index (χ3v) is 5.45. The lowest BCUT2D eigenvalue weighted by molar-refractivity contribution is -0.149. The van der Waals surface area contributed by atoms with Crippen LogP contribution in [0.4, 0.5) is 0 Å². The maximum absolute atomic E-state index is 11.2. The minimum absolute atomic E-state index is 0.342. The summed E-state index contributed by atoms with van der Waals surface area (Å²) in [6.45, 7) is 2.75. The van der Waals surface area contributed by atoms with Crippen LogP contribution < -0.4 is 4.74 Å². The van der Waals surface area contributed by atoms with E-state index in [9.17, 15) is 9.90 Å². The van der Waals surface area contributed by atoms with E-state index >= 15 is 0 Å². The Morgan fingerprint density at radius 1 is 0.903 bits per heavy atom. The van der Waals surface area contributed by atoms with Gasteiger partial charge in [-0.2, -0.15) is 0 Å². The predicted molar refractivity (Wildman–Crippen MR) is 122 cm³/mol. The van der Waals surface area contributed by atoms with E-state index in [1.54, 1.807) is 6.92 Å². The molecule has 1 unspecified atom stereocenters. The van der Waals surface area contributed by atoms with Crippen LogP contribution in [-0.4, -0.2) is 30.4 Å². The first-order chi connectivity index (χ1) is 15.2. The summed E-state index contributed by atoms with van der Waals surface area (Å²) in [5.41, 5.74) is 7.29. The minimum Gasteiger partial charge on any atom is -0.493 e. The van der Waals surface area contributed by atoms with Gasteiger partial charge in [0.1, 0.15) is 5.75 Å². The monoisotopic (exact) mass is 414 g/mol. The zero-order chi connectivity index (χ0) is 21.6. The average molecular weight is 415 g/mol. The third-order valence-electron chi connectivity index (χ3n) is 5.45. The number of carboxylic acids is 1. The van der Waals surface area contributed by atoms with E-state index in [-0.39, 0.29) is 0 Å². The lowest BCUT2D eigenvalue weighted by atomic mass is 10.0. The number of hydrogen-bond donors (Lipinski definition) is 1. The average Bonchev–Trinajstić information content (AvgIpc) is 3.11. The Kier molecular flexibility index (Phi) is 6.48. The summed E-state index contributed by atoms with van der Waals surface area (Å²) in [6, 6.07) is 24.6. The van der Waals surface area contributed by atoms with Gasteiger partial charge < -0.3 is 14.6 Å². The Balaban J connectivity index is 1.37. The minimum atomic E-state index is -0.940. The largest absolute Gasteiger partial charge is 0.493 e. The number of carboxylic acid groups (broad SMARTS) is 1. The second kappa shape index (κ2) is 9.63. The normalized spacial score (nSPS) is 12.7. The van der Waals surface area contributed by atoms with Gasteiger partial charge in [-0.15, -0.1) is 0 Å². The summed E-state index contributed by atoms with van der Waals surface area (Å²) in [5.74, 6) is -0.164. The molecule has 0 amide bonds. The van der Waals surface area contributed by atoms with Crippen LogP contribution in [0.5, 0.6) is 5.75 Å². The Morgan fingerprint density at radius 3 is 2.03 bits per heavy atom. The standard InChI is InChI=1S/C27H26O4/c1-2-30-26(27(28)29)18-19-13-15-20(16-14-19)31-17-7-12-25-23-10-5-3-8-21(23)22-9-4-6-11-24(22)25/h3-6,8-16,26H,2,7,17-18H2,1H3,(H,28,29). The van der Waals surface area contributed by atoms with Crippen molar-refractivity contribution >= 4 is 11.5 Å². The molecule has 0 saturated heterocycles. The second-order valence-electron chi connectivity index (χ2n) is 7.48. The van der Waals surface area contributed by atoms with Crippen LogP contribution in [0.2, 0.25) is 0 Å². The fourth-order valence-electron chi connectivity index (χ4n) is 4.01. The molecular weight excluding hydrogens is 388 g/mol. The Morgan fingerprint density at radius 2 is 1.48 bits per heavy atom. The van der Waals surface area contributed by atoms with Gasteiger partial charge in [0.15, 0.2) is 6.10 Å². The molecular formula is C27H26O4. The van der Waals surface area contributed by atoms with Gasteiger partial charge in [0.2, 0.25) is 0 Å². The number of benzene rings is 3. The molecule has 1 N–H and O–H groups in total. The van der Waals surface area contributed by atoms with Gasteiger partial charge in [0.05, 0.1) is 6.61 Å². The van der Waals surface area contributed by atoms with Crippen molar-refractivity contribution < 1.29 is 19.4 Å². The topological polar surface area (TPSA) is 55.8 Å². The number of hydrogen-bond acceptors (Lipinski definition) is 3. The third kappa shape index (κ3) is 4.70. The van der Waals surface area contributed by atoms with Crippen LogP contribution in [0.3, 0.4) is 0 Å². The van der Waals surface area contributed by atoms with Crippen molar-refractivity contribution in [1.82, 2.24) is 0 Å². The Hall–Kier alpha value is -3.37. The molecule has 1 atom stereocenters. The first-order valence-corrected chi connectivity index (χ1v) is 10.6. The second-order valence-corrected chi connectivity index (χ2v) is 7.48. The number of aliphatic carboxylic acids is 1. The molecule has 3 aromatic carbocycles. The molecule has 4 rings (SSSR count). The van der Waals surface area contributed by atoms with E-state index in [0.717, 1.165) is 17.7 Å². The molecule has 1 aliphatic rings. The quantitative estimate of drug-likeness (QED) is 0.362. The zero-order valence-corrected chi connectivity index (χ0v) is 17.6. The van der Waals surface area contributed by atoms with Crippen molar-refractivity contribution in [2.24, 2.45) is 0 Å². The van der Waals surface area contributed by atoms with Gasteiger partial charge in [-0.3, -0.25) is 0 Å². The Labute approximate surface area is 182 Å². The number of carbonyl (C=O) groups is 1. The lowest BCUT2D eigenvalue weighted by Crippen LogP contribution is -2.26. The van der Waals surface area contributed by atoms with Crippen molar-refractivity contribution in [3.05, 3.63) is 95.6 Å². The summed E-state index contributed by atoms with van der Waals surface area (Å²) >= 11 is 0. The summed E-state index contributed by atoms with van der Waals surface area (Å²) in [6.07, 6.45) is 2.57. The van der Waals surface area contributed by atoms with E-state index in [4.69, 9.17) is 9.47 Å². The summed E-state index contributed by atoms with van der Waals surface area (Å²) in [7, 11) is 0. The van der Waals surface area contributed by atoms with Crippen molar-refractivity contribution in [3.63, 3.8) is 0 Å². The molecule has 0 radical (unpaired) electrons. The van der Waals surface area contributed by atoms with Crippen LogP contribution in [0.15, 0.2) is 78.9 Å². The molecule has 0 aliphatic heterocycles. The molecule has 4 heteroatoms. The molecule has 0 aromatic heterocycles. The van der Waals surface area contributed by atoms with E-state index < -0.39 is 12.1 Å². The van der Waals surface area contributed by atoms with E-state index in [0.29, 0.717) is 19.6 Å².